The van der Waals surface area contributed by atoms with Crippen LogP contribution in [0.25, 0.3) is 0 Å². The zero-order valence-electron chi connectivity index (χ0n) is 16.6. The molecular weight excluding hydrogens is 412 g/mol. The fourth-order valence-corrected chi connectivity index (χ4v) is 4.69. The number of hydrogen-bond donors (Lipinski definition) is 2. The van der Waals surface area contributed by atoms with E-state index in [0.717, 1.165) is 0 Å². The smallest absolute Gasteiger partial charge is 0.312 e. The van der Waals surface area contributed by atoms with Gasteiger partial charge < -0.3 is 29.2 Å². The number of unbranched alkanes of at least 4 members (excludes halogenated alkanes) is 2. The van der Waals surface area contributed by atoms with E-state index in [1.54, 1.807) is 24.3 Å². The van der Waals surface area contributed by atoms with E-state index in [1.165, 1.54) is 0 Å². The lowest BCUT2D eigenvalue weighted by atomic mass is 9.83. The average Bonchev–Trinajstić information content (AvgIpc) is 3.51. The number of esters is 2. The van der Waals surface area contributed by atoms with E-state index < -0.39 is 72.0 Å². The molecule has 10 heteroatoms. The Kier molecular flexibility index (Phi) is 6.10. The van der Waals surface area contributed by atoms with Gasteiger partial charge in [0.05, 0.1) is 37.6 Å². The van der Waals surface area contributed by atoms with Gasteiger partial charge in [-0.3, -0.25) is 19.2 Å². The summed E-state index contributed by atoms with van der Waals surface area (Å²) < 4.78 is 21.4. The van der Waals surface area contributed by atoms with Gasteiger partial charge in [0, 0.05) is 0 Å². The highest BCUT2D eigenvalue weighted by atomic mass is 16.6. The lowest BCUT2D eigenvalue weighted by Gasteiger charge is -2.20. The van der Waals surface area contributed by atoms with E-state index in [-0.39, 0.29) is 13.2 Å². The van der Waals surface area contributed by atoms with Gasteiger partial charge in [-0.1, -0.05) is 24.3 Å². The zero-order valence-corrected chi connectivity index (χ0v) is 16.6. The maximum atomic E-state index is 12.3. The fourth-order valence-electron chi connectivity index (χ4n) is 4.69. The van der Waals surface area contributed by atoms with E-state index in [9.17, 15) is 29.4 Å². The molecule has 8 unspecified atom stereocenters. The molecule has 0 aliphatic carbocycles. The molecular formula is C21H24O10. The molecule has 4 heterocycles. The highest BCUT2D eigenvalue weighted by Crippen LogP contribution is 2.41. The Balaban J connectivity index is 1.12. The summed E-state index contributed by atoms with van der Waals surface area (Å²) in [6.45, 7) is 0.256. The average molecular weight is 436 g/mol. The third-order valence-electron chi connectivity index (χ3n) is 6.19. The van der Waals surface area contributed by atoms with E-state index in [2.05, 4.69) is 0 Å². The molecule has 0 amide bonds. The van der Waals surface area contributed by atoms with E-state index in [1.807, 2.05) is 0 Å². The van der Waals surface area contributed by atoms with Crippen molar-refractivity contribution in [2.75, 3.05) is 13.2 Å². The van der Waals surface area contributed by atoms with Gasteiger partial charge >= 0.3 is 23.9 Å². The van der Waals surface area contributed by atoms with Crippen LogP contribution in [-0.2, 0) is 38.1 Å². The summed E-state index contributed by atoms with van der Waals surface area (Å²) >= 11 is 0. The van der Waals surface area contributed by atoms with Crippen LogP contribution in [0.15, 0.2) is 24.3 Å². The van der Waals surface area contributed by atoms with Crippen molar-refractivity contribution in [3.05, 3.63) is 24.3 Å². The number of carboxylic acid groups (broad SMARTS) is 2. The SMILES string of the molecule is O=C(O)C1C2C=CC(O2)C1C(=O)OCCCCCOC(=O)C1C2C=CC(O2)C1C(=O)O. The second kappa shape index (κ2) is 8.80. The number of rotatable bonds is 10. The van der Waals surface area contributed by atoms with Gasteiger partial charge in [-0.25, -0.2) is 0 Å². The second-order valence-corrected chi connectivity index (χ2v) is 8.08. The monoisotopic (exact) mass is 436 g/mol. The minimum Gasteiger partial charge on any atom is -0.481 e. The van der Waals surface area contributed by atoms with Gasteiger partial charge in [0.25, 0.3) is 0 Å². The van der Waals surface area contributed by atoms with Crippen molar-refractivity contribution in [1.82, 2.24) is 0 Å². The molecule has 0 spiro atoms. The first-order valence-electron chi connectivity index (χ1n) is 10.3. The number of fused-ring (bicyclic) bond motifs is 4. The fraction of sp³-hybridized carbons (Fsp3) is 0.619. The van der Waals surface area contributed by atoms with Crippen LogP contribution >= 0.6 is 0 Å². The third-order valence-corrected chi connectivity index (χ3v) is 6.19. The van der Waals surface area contributed by atoms with Crippen molar-refractivity contribution >= 4 is 23.9 Å². The number of hydrogen-bond acceptors (Lipinski definition) is 8. The first-order chi connectivity index (χ1) is 14.9. The molecule has 0 aromatic heterocycles. The van der Waals surface area contributed by atoms with Crippen LogP contribution in [0.4, 0.5) is 0 Å². The Labute approximate surface area is 177 Å². The first-order valence-corrected chi connectivity index (χ1v) is 10.3. The third kappa shape index (κ3) is 4.09. The maximum Gasteiger partial charge on any atom is 0.312 e. The van der Waals surface area contributed by atoms with Crippen LogP contribution in [0.3, 0.4) is 0 Å². The van der Waals surface area contributed by atoms with Crippen LogP contribution in [0, 0.1) is 23.7 Å². The summed E-state index contributed by atoms with van der Waals surface area (Å²) in [5.41, 5.74) is 0. The predicted molar refractivity (Wildman–Crippen MR) is 101 cm³/mol. The van der Waals surface area contributed by atoms with Crippen LogP contribution in [0.1, 0.15) is 19.3 Å². The molecule has 10 nitrogen and oxygen atoms in total. The van der Waals surface area contributed by atoms with Gasteiger partial charge in [-0.2, -0.15) is 0 Å². The first kappa shape index (κ1) is 21.5. The van der Waals surface area contributed by atoms with Crippen molar-refractivity contribution in [2.45, 2.75) is 43.7 Å². The lowest BCUT2D eigenvalue weighted by molar-refractivity contribution is -0.157. The number of carbonyl (C=O) groups is 4. The Morgan fingerprint density at radius 1 is 0.613 bits per heavy atom. The lowest BCUT2D eigenvalue weighted by Crippen LogP contribution is -2.37. The number of ether oxygens (including phenoxy) is 4. The molecule has 0 radical (unpaired) electrons. The maximum absolute atomic E-state index is 12.3. The number of carbonyl (C=O) groups excluding carboxylic acids is 2. The molecule has 0 saturated carbocycles. The molecule has 2 N–H and O–H groups in total. The second-order valence-electron chi connectivity index (χ2n) is 8.08. The van der Waals surface area contributed by atoms with Crippen LogP contribution in [-0.4, -0.2) is 71.7 Å². The van der Waals surface area contributed by atoms with Gasteiger partial charge in [0.2, 0.25) is 0 Å². The molecule has 4 bridgehead atoms. The molecule has 0 aromatic carbocycles. The summed E-state index contributed by atoms with van der Waals surface area (Å²) in [5, 5.41) is 18.6. The van der Waals surface area contributed by atoms with Crippen molar-refractivity contribution in [2.24, 2.45) is 23.7 Å². The van der Waals surface area contributed by atoms with Crippen molar-refractivity contribution in [3.63, 3.8) is 0 Å². The molecule has 4 rings (SSSR count). The standard InChI is InChI=1S/C21H24O10/c22-18(23)14-10-4-6-12(30-10)16(14)20(26)28-8-2-1-3-9-29-21(27)17-13-7-5-11(31-13)15(17)19(24)25/h4-7,10-17H,1-3,8-9H2,(H,22,23)(H,24,25). The highest BCUT2D eigenvalue weighted by Gasteiger charge is 2.55. The number of aliphatic carboxylic acids is 2. The molecule has 4 aliphatic heterocycles. The molecule has 2 fully saturated rings. The molecule has 4 aliphatic rings. The van der Waals surface area contributed by atoms with Gasteiger partial charge in [0.1, 0.15) is 23.7 Å². The summed E-state index contributed by atoms with van der Waals surface area (Å²) in [4.78, 5) is 47.4. The minimum absolute atomic E-state index is 0.128. The van der Waals surface area contributed by atoms with Gasteiger partial charge in [-0.15, -0.1) is 0 Å². The van der Waals surface area contributed by atoms with Crippen molar-refractivity contribution in [3.8, 4) is 0 Å². The summed E-state index contributed by atoms with van der Waals surface area (Å²) in [7, 11) is 0. The Bertz CT molecular complexity index is 751. The predicted octanol–water partition coefficient (Wildman–Crippen LogP) is 0.552. The topological polar surface area (TPSA) is 146 Å². The largest absolute Gasteiger partial charge is 0.481 e. The van der Waals surface area contributed by atoms with Crippen molar-refractivity contribution < 1.29 is 48.3 Å². The van der Waals surface area contributed by atoms with Crippen LogP contribution in [0.5, 0.6) is 0 Å². The molecule has 31 heavy (non-hydrogen) atoms. The van der Waals surface area contributed by atoms with E-state index >= 15 is 0 Å². The van der Waals surface area contributed by atoms with Crippen LogP contribution in [0.2, 0.25) is 0 Å². The van der Waals surface area contributed by atoms with E-state index in [4.69, 9.17) is 18.9 Å². The van der Waals surface area contributed by atoms with Crippen LogP contribution < -0.4 is 0 Å². The van der Waals surface area contributed by atoms with Gasteiger partial charge in [0.15, 0.2) is 0 Å². The normalized spacial score (nSPS) is 36.6. The van der Waals surface area contributed by atoms with Crippen molar-refractivity contribution in [1.29, 1.82) is 0 Å². The molecule has 0 aromatic rings. The Hall–Kier alpha value is -2.72. The van der Waals surface area contributed by atoms with Gasteiger partial charge in [-0.05, 0) is 19.3 Å². The summed E-state index contributed by atoms with van der Waals surface area (Å²) in [6, 6.07) is 0. The molecule has 8 atom stereocenters. The number of carboxylic acids is 2. The molecule has 2 saturated heterocycles. The van der Waals surface area contributed by atoms with E-state index in [0.29, 0.717) is 19.3 Å². The zero-order chi connectivity index (χ0) is 22.1. The molecule has 168 valence electrons. The summed E-state index contributed by atoms with van der Waals surface area (Å²) in [6.07, 6.45) is 6.07. The Morgan fingerprint density at radius 2 is 0.968 bits per heavy atom. The Morgan fingerprint density at radius 3 is 1.32 bits per heavy atom. The quantitative estimate of drug-likeness (QED) is 0.283. The summed E-state index contributed by atoms with van der Waals surface area (Å²) in [5.74, 6) is -6.87. The highest BCUT2D eigenvalue weighted by molar-refractivity contribution is 5.84. The minimum atomic E-state index is -1.08.